The fourth-order valence-electron chi connectivity index (χ4n) is 11.3. The van der Waals surface area contributed by atoms with Crippen molar-refractivity contribution in [2.24, 2.45) is 11.8 Å². The van der Waals surface area contributed by atoms with Gasteiger partial charge in [0.15, 0.2) is 5.79 Å². The Morgan fingerprint density at radius 1 is 0.788 bits per heavy atom. The minimum atomic E-state index is -0.951. The third-order valence-corrected chi connectivity index (χ3v) is 13.9. The molecular formula is C40H58O12. The monoisotopic (exact) mass is 730 g/mol. The van der Waals surface area contributed by atoms with E-state index >= 15 is 0 Å². The summed E-state index contributed by atoms with van der Waals surface area (Å²) in [6, 6.07) is 0. The Kier molecular flexibility index (Phi) is 10.0. The highest BCUT2D eigenvalue weighted by molar-refractivity contribution is 5.79. The Balaban J connectivity index is 0.994. The smallest absolute Gasteiger partial charge is 0.172 e. The Hall–Kier alpha value is -1.29. The van der Waals surface area contributed by atoms with Crippen molar-refractivity contribution in [1.29, 1.82) is 0 Å². The first-order valence-electron chi connectivity index (χ1n) is 20.1. The first kappa shape index (κ1) is 36.4. The maximum absolute atomic E-state index is 14.0. The number of ether oxygens (including phenoxy) is 9. The molecule has 4 unspecified atom stereocenters. The van der Waals surface area contributed by atoms with Crippen LogP contribution >= 0.6 is 0 Å². The summed E-state index contributed by atoms with van der Waals surface area (Å²) in [6.45, 7) is 10.7. The molecule has 10 fully saturated rings. The quantitative estimate of drug-likeness (QED) is 0.410. The first-order chi connectivity index (χ1) is 25.1. The van der Waals surface area contributed by atoms with Gasteiger partial charge in [0, 0.05) is 51.6 Å². The fraction of sp³-hybridized carbons (Fsp3) is 0.875. The van der Waals surface area contributed by atoms with Crippen LogP contribution in [-0.2, 0) is 47.4 Å². The van der Waals surface area contributed by atoms with Gasteiger partial charge in [-0.05, 0) is 62.0 Å². The van der Waals surface area contributed by atoms with E-state index in [4.69, 9.17) is 42.6 Å². The van der Waals surface area contributed by atoms with E-state index in [-0.39, 0.29) is 123 Å². The number of aliphatic hydroxyl groups excluding tert-OH is 2. The predicted octanol–water partition coefficient (Wildman–Crippen LogP) is 3.47. The van der Waals surface area contributed by atoms with E-state index in [9.17, 15) is 15.0 Å². The molecule has 0 aromatic heterocycles. The van der Waals surface area contributed by atoms with Crippen molar-refractivity contribution in [3.63, 3.8) is 0 Å². The highest BCUT2D eigenvalue weighted by atomic mass is 16.8. The molecule has 0 radical (unpaired) electrons. The van der Waals surface area contributed by atoms with E-state index in [1.165, 1.54) is 0 Å². The maximum Gasteiger partial charge on any atom is 0.172 e. The number of Topliss-reactive ketones (excluding diaryl/α,β-unsaturated/α-hetero) is 1. The lowest BCUT2D eigenvalue weighted by Crippen LogP contribution is -2.61. The third kappa shape index (κ3) is 6.59. The molecule has 0 saturated carbocycles. The molecule has 10 heterocycles. The maximum atomic E-state index is 14.0. The molecule has 19 atom stereocenters. The van der Waals surface area contributed by atoms with Crippen LogP contribution in [-0.4, -0.2) is 133 Å². The van der Waals surface area contributed by atoms with Crippen LogP contribution in [0.2, 0.25) is 0 Å². The second kappa shape index (κ2) is 14.3. The van der Waals surface area contributed by atoms with Crippen LogP contribution in [0.25, 0.3) is 0 Å². The molecule has 12 nitrogen and oxygen atoms in total. The number of hydrogen-bond donors (Lipinski definition) is 2. The molecule has 2 N–H and O–H groups in total. The zero-order valence-corrected chi connectivity index (χ0v) is 30.7. The van der Waals surface area contributed by atoms with Crippen molar-refractivity contribution in [2.45, 2.75) is 194 Å². The van der Waals surface area contributed by atoms with Gasteiger partial charge in [-0.2, -0.15) is 0 Å². The average Bonchev–Trinajstić information content (AvgIpc) is 3.79. The highest BCUT2D eigenvalue weighted by Gasteiger charge is 2.68. The van der Waals surface area contributed by atoms with Gasteiger partial charge in [0.2, 0.25) is 0 Å². The van der Waals surface area contributed by atoms with Gasteiger partial charge in [0.1, 0.15) is 36.3 Å². The Labute approximate surface area is 306 Å². The minimum absolute atomic E-state index is 0.0260. The molecular weight excluding hydrogens is 672 g/mol. The summed E-state index contributed by atoms with van der Waals surface area (Å²) in [4.78, 5) is 14.0. The van der Waals surface area contributed by atoms with E-state index in [1.807, 2.05) is 0 Å². The SMILES string of the molecule is C=C1C[C@@H]2CC[C@@]34CC5O[C@H]6[C@@H](O3)[C@H]3O[C@H](CC[C@@H]3O[C@H]6[C@H]5O4)CC(=O)CC3C(C[C@H]4OC(CC[C@@H]1O2)C[C@@H](C)C4=C)O[C@H](C[C@H](O)CO)[C@@H]3OC. The summed E-state index contributed by atoms with van der Waals surface area (Å²) in [6.07, 6.45) is 4.01. The zero-order chi connectivity index (χ0) is 35.9. The molecule has 0 aliphatic carbocycles. The fourth-order valence-corrected chi connectivity index (χ4v) is 11.3. The molecule has 10 aliphatic heterocycles. The second-order valence-electron chi connectivity index (χ2n) is 17.4. The lowest BCUT2D eigenvalue weighted by molar-refractivity contribution is -0.292. The number of fused-ring (bicyclic) bond motifs is 6. The van der Waals surface area contributed by atoms with Crippen LogP contribution in [0.1, 0.15) is 90.4 Å². The van der Waals surface area contributed by atoms with Gasteiger partial charge in [-0.1, -0.05) is 20.1 Å². The molecule has 52 heavy (non-hydrogen) atoms. The van der Waals surface area contributed by atoms with Crippen molar-refractivity contribution in [2.75, 3.05) is 13.7 Å². The highest BCUT2D eigenvalue weighted by Crippen LogP contribution is 2.54. The third-order valence-electron chi connectivity index (χ3n) is 13.9. The van der Waals surface area contributed by atoms with Crippen LogP contribution in [0.3, 0.4) is 0 Å². The lowest BCUT2D eigenvalue weighted by Gasteiger charge is -2.47. The first-order valence-corrected chi connectivity index (χ1v) is 20.1. The van der Waals surface area contributed by atoms with Gasteiger partial charge in [0.05, 0.1) is 73.8 Å². The van der Waals surface area contributed by atoms with Crippen LogP contribution in [0, 0.1) is 11.8 Å². The molecule has 10 aliphatic rings. The molecule has 12 bridgehead atoms. The van der Waals surface area contributed by atoms with Crippen molar-refractivity contribution < 1.29 is 57.6 Å². The average molecular weight is 731 g/mol. The zero-order valence-electron chi connectivity index (χ0n) is 30.7. The van der Waals surface area contributed by atoms with Crippen molar-refractivity contribution >= 4 is 5.78 Å². The molecule has 0 aromatic rings. The number of methoxy groups -OCH3 is 1. The van der Waals surface area contributed by atoms with Gasteiger partial charge in [0.25, 0.3) is 0 Å². The molecule has 10 saturated heterocycles. The van der Waals surface area contributed by atoms with Crippen LogP contribution in [0.5, 0.6) is 0 Å². The normalized spacial score (nSPS) is 52.4. The van der Waals surface area contributed by atoms with Gasteiger partial charge in [-0.25, -0.2) is 0 Å². The summed E-state index contributed by atoms with van der Waals surface area (Å²) < 4.78 is 59.8. The van der Waals surface area contributed by atoms with Crippen LogP contribution in [0.4, 0.5) is 0 Å². The Morgan fingerprint density at radius 2 is 1.54 bits per heavy atom. The van der Waals surface area contributed by atoms with Gasteiger partial charge >= 0.3 is 0 Å². The summed E-state index contributed by atoms with van der Waals surface area (Å²) >= 11 is 0. The van der Waals surface area contributed by atoms with E-state index in [2.05, 4.69) is 20.1 Å². The van der Waals surface area contributed by atoms with Crippen molar-refractivity contribution in [3.8, 4) is 0 Å². The number of hydrogen-bond acceptors (Lipinski definition) is 12. The van der Waals surface area contributed by atoms with Gasteiger partial charge < -0.3 is 52.8 Å². The van der Waals surface area contributed by atoms with E-state index in [0.29, 0.717) is 25.7 Å². The topological polar surface area (TPSA) is 141 Å². The number of rotatable bonds is 4. The minimum Gasteiger partial charge on any atom is -0.394 e. The van der Waals surface area contributed by atoms with Crippen molar-refractivity contribution in [3.05, 3.63) is 24.3 Å². The van der Waals surface area contributed by atoms with Gasteiger partial charge in [-0.15, -0.1) is 0 Å². The molecule has 1 spiro atoms. The summed E-state index contributed by atoms with van der Waals surface area (Å²) in [7, 11) is 1.63. The summed E-state index contributed by atoms with van der Waals surface area (Å²) in [5, 5.41) is 20.1. The van der Waals surface area contributed by atoms with E-state index in [1.54, 1.807) is 7.11 Å². The summed E-state index contributed by atoms with van der Waals surface area (Å²) in [5.41, 5.74) is 2.17. The standard InChI is InChI=1S/C40H58O12/c1-19-11-24-5-7-28-20(2)12-26(45-28)9-10-40-17-33-36(51-40)37-38(50-33)39(52-40)35-29(49-37)8-6-25(47-35)13-22(42)14-27-31(16-30(46-24)21(19)3)48-32(34(27)44-4)15-23(43)18-41/h19,23-39,41,43H,2-3,5-18H2,1,4H3/t19-,23+,24?,25-,26+,27?,28+,29+,30-,31?,32-,33?,34-,35+,36+,37+,38-,39+,40+/m1/s1. The number of carbonyl (C=O) groups excluding carboxylic acids is 1. The van der Waals surface area contributed by atoms with E-state index in [0.717, 1.165) is 49.7 Å². The molecule has 290 valence electrons. The second-order valence-corrected chi connectivity index (χ2v) is 17.4. The Bertz CT molecular complexity index is 1370. The Morgan fingerprint density at radius 3 is 2.37 bits per heavy atom. The summed E-state index contributed by atoms with van der Waals surface area (Å²) in [5.74, 6) is -0.709. The van der Waals surface area contributed by atoms with Gasteiger partial charge in [-0.3, -0.25) is 4.79 Å². The number of carbonyl (C=O) groups is 1. The molecule has 12 heteroatoms. The van der Waals surface area contributed by atoms with Crippen LogP contribution < -0.4 is 0 Å². The molecule has 0 amide bonds. The largest absolute Gasteiger partial charge is 0.394 e. The molecule has 0 aromatic carbocycles. The number of aliphatic hydroxyl groups is 2. The predicted molar refractivity (Wildman–Crippen MR) is 184 cm³/mol. The van der Waals surface area contributed by atoms with Crippen LogP contribution in [0.15, 0.2) is 24.3 Å². The molecule has 10 rings (SSSR count). The van der Waals surface area contributed by atoms with Crippen molar-refractivity contribution in [1.82, 2.24) is 0 Å². The van der Waals surface area contributed by atoms with E-state index < -0.39 is 24.1 Å². The number of ketones is 1. The lowest BCUT2D eigenvalue weighted by atomic mass is 9.81.